The highest BCUT2D eigenvalue weighted by molar-refractivity contribution is 7.15. The van der Waals surface area contributed by atoms with Crippen molar-refractivity contribution in [1.82, 2.24) is 15.5 Å². The van der Waals surface area contributed by atoms with Gasteiger partial charge < -0.3 is 10.2 Å². The van der Waals surface area contributed by atoms with E-state index >= 15 is 0 Å². The topological polar surface area (TPSA) is 78.4 Å². The molecule has 1 saturated heterocycles. The molecule has 0 saturated carbocycles. The summed E-state index contributed by atoms with van der Waals surface area (Å²) in [4.78, 5) is 28.3. The highest BCUT2D eigenvalue weighted by Crippen LogP contribution is 2.28. The van der Waals surface area contributed by atoms with Gasteiger partial charge >= 0.3 is 0 Å². The molecular weight excluding hydrogens is 350 g/mol. The van der Waals surface area contributed by atoms with Crippen molar-refractivity contribution >= 4 is 34.0 Å². The zero-order chi connectivity index (χ0) is 18.5. The van der Waals surface area contributed by atoms with Crippen LogP contribution in [0, 0.1) is 5.92 Å². The Morgan fingerprint density at radius 2 is 2.12 bits per heavy atom. The summed E-state index contributed by atoms with van der Waals surface area (Å²) in [5, 5.41) is 12.5. The number of para-hydroxylation sites is 1. The van der Waals surface area contributed by atoms with Crippen molar-refractivity contribution in [1.29, 1.82) is 0 Å². The summed E-state index contributed by atoms with van der Waals surface area (Å²) in [6, 6.07) is 10.0. The van der Waals surface area contributed by atoms with Crippen LogP contribution in [-0.4, -0.2) is 48.7 Å². The van der Waals surface area contributed by atoms with Gasteiger partial charge in [0.1, 0.15) is 5.01 Å². The van der Waals surface area contributed by atoms with Crippen LogP contribution in [0.3, 0.4) is 0 Å². The first-order chi connectivity index (χ1) is 12.6. The molecule has 1 aromatic carbocycles. The molecule has 1 fully saturated rings. The number of carbonyl (C=O) groups is 2. The summed E-state index contributed by atoms with van der Waals surface area (Å²) < 4.78 is 0. The molecule has 3 rings (SSSR count). The molecule has 1 atom stereocenters. The third-order valence-electron chi connectivity index (χ3n) is 4.43. The van der Waals surface area contributed by atoms with Crippen molar-refractivity contribution in [3.8, 4) is 0 Å². The third-order valence-corrected chi connectivity index (χ3v) is 5.52. The van der Waals surface area contributed by atoms with Crippen LogP contribution in [-0.2, 0) is 16.0 Å². The maximum atomic E-state index is 12.4. The van der Waals surface area contributed by atoms with Crippen molar-refractivity contribution in [3.63, 3.8) is 0 Å². The van der Waals surface area contributed by atoms with Gasteiger partial charge in [-0.1, -0.05) is 36.5 Å². The molecule has 1 unspecified atom stereocenters. The molecule has 1 N–H and O–H groups in total. The second-order valence-corrected chi connectivity index (χ2v) is 7.33. The molecule has 138 valence electrons. The molecular formula is C18H23N5O2S. The summed E-state index contributed by atoms with van der Waals surface area (Å²) in [5.41, 5.74) is 1.10. The number of amides is 2. The first-order valence-electron chi connectivity index (χ1n) is 8.75. The number of hydrogen-bond donors (Lipinski definition) is 1. The number of benzene rings is 1. The number of carbonyl (C=O) groups excluding carboxylic acids is 2. The van der Waals surface area contributed by atoms with Crippen LogP contribution in [0.5, 0.6) is 0 Å². The van der Waals surface area contributed by atoms with Crippen molar-refractivity contribution in [2.75, 3.05) is 36.5 Å². The van der Waals surface area contributed by atoms with E-state index in [-0.39, 0.29) is 24.2 Å². The molecule has 1 aliphatic heterocycles. The Balaban J connectivity index is 1.49. The van der Waals surface area contributed by atoms with Gasteiger partial charge in [0.2, 0.25) is 16.9 Å². The van der Waals surface area contributed by atoms with Gasteiger partial charge in [0.25, 0.3) is 0 Å². The van der Waals surface area contributed by atoms with Gasteiger partial charge in [-0.3, -0.25) is 14.5 Å². The number of nitrogens with one attached hydrogen (secondary N) is 1. The zero-order valence-electron chi connectivity index (χ0n) is 15.0. The highest BCUT2D eigenvalue weighted by Gasteiger charge is 2.36. The van der Waals surface area contributed by atoms with Crippen LogP contribution in [0.15, 0.2) is 30.3 Å². The van der Waals surface area contributed by atoms with Crippen molar-refractivity contribution < 1.29 is 9.59 Å². The van der Waals surface area contributed by atoms with Gasteiger partial charge in [0.05, 0.1) is 5.92 Å². The second kappa shape index (κ2) is 8.27. The molecule has 2 amide bonds. The van der Waals surface area contributed by atoms with E-state index < -0.39 is 0 Å². The molecule has 0 spiro atoms. The molecule has 1 aromatic heterocycles. The Kier molecular flexibility index (Phi) is 5.82. The summed E-state index contributed by atoms with van der Waals surface area (Å²) in [6.07, 6.45) is 1.01. The van der Waals surface area contributed by atoms with Crippen molar-refractivity contribution in [2.24, 2.45) is 5.92 Å². The molecule has 26 heavy (non-hydrogen) atoms. The Bertz CT molecular complexity index is 764. The van der Waals surface area contributed by atoms with Gasteiger partial charge in [-0.25, -0.2) is 0 Å². The van der Waals surface area contributed by atoms with E-state index in [1.54, 1.807) is 4.90 Å². The van der Waals surface area contributed by atoms with E-state index in [9.17, 15) is 9.59 Å². The lowest BCUT2D eigenvalue weighted by atomic mass is 10.1. The minimum absolute atomic E-state index is 0.0645. The van der Waals surface area contributed by atoms with E-state index in [1.807, 2.05) is 44.3 Å². The summed E-state index contributed by atoms with van der Waals surface area (Å²) >= 11 is 1.41. The Hall–Kier alpha value is -2.48. The van der Waals surface area contributed by atoms with E-state index in [0.717, 1.165) is 17.1 Å². The number of aromatic nitrogens is 2. The summed E-state index contributed by atoms with van der Waals surface area (Å²) in [5.74, 6) is -0.480. The van der Waals surface area contributed by atoms with Gasteiger partial charge in [0.15, 0.2) is 0 Å². The van der Waals surface area contributed by atoms with Crippen LogP contribution < -0.4 is 15.1 Å². The largest absolute Gasteiger partial charge is 0.373 e. The summed E-state index contributed by atoms with van der Waals surface area (Å²) in [7, 11) is 1.99. The number of anilines is 2. The Morgan fingerprint density at radius 1 is 1.35 bits per heavy atom. The van der Waals surface area contributed by atoms with E-state index in [2.05, 4.69) is 20.4 Å². The van der Waals surface area contributed by atoms with E-state index in [4.69, 9.17) is 0 Å². The second-order valence-electron chi connectivity index (χ2n) is 6.29. The fraction of sp³-hybridized carbons (Fsp3) is 0.444. The predicted molar refractivity (Wildman–Crippen MR) is 102 cm³/mol. The maximum absolute atomic E-state index is 12.4. The first-order valence-corrected chi connectivity index (χ1v) is 9.56. The zero-order valence-corrected chi connectivity index (χ0v) is 15.8. The Labute approximate surface area is 157 Å². The smallest absolute Gasteiger partial charge is 0.229 e. The van der Waals surface area contributed by atoms with Crippen molar-refractivity contribution in [2.45, 2.75) is 19.8 Å². The van der Waals surface area contributed by atoms with Gasteiger partial charge in [0, 0.05) is 38.8 Å². The van der Waals surface area contributed by atoms with Crippen LogP contribution in [0.1, 0.15) is 18.4 Å². The molecule has 2 aromatic rings. The maximum Gasteiger partial charge on any atom is 0.229 e. The molecule has 2 heterocycles. The lowest BCUT2D eigenvalue weighted by Gasteiger charge is -2.20. The first kappa shape index (κ1) is 18.3. The quantitative estimate of drug-likeness (QED) is 0.799. The van der Waals surface area contributed by atoms with E-state index in [1.165, 1.54) is 11.3 Å². The average Bonchev–Trinajstić information content (AvgIpc) is 3.28. The number of nitrogens with zero attached hydrogens (tertiary/aromatic N) is 4. The monoisotopic (exact) mass is 373 g/mol. The average molecular weight is 373 g/mol. The fourth-order valence-corrected chi connectivity index (χ4v) is 3.67. The van der Waals surface area contributed by atoms with Crippen LogP contribution in [0.2, 0.25) is 0 Å². The fourth-order valence-electron chi connectivity index (χ4n) is 2.87. The molecule has 8 heteroatoms. The standard InChI is InChI=1S/C18H23N5O2S/c1-3-15-20-21-18(26-15)23-12-13(11-16(23)24)17(25)19-9-10-22(2)14-7-5-4-6-8-14/h4-8,13H,3,9-12H2,1-2H3,(H,19,25). The normalized spacial score (nSPS) is 16.8. The number of rotatable bonds is 7. The molecule has 7 nitrogen and oxygen atoms in total. The predicted octanol–water partition coefficient (Wildman–Crippen LogP) is 1.71. The summed E-state index contributed by atoms with van der Waals surface area (Å²) in [6.45, 7) is 3.61. The molecule has 0 bridgehead atoms. The SMILES string of the molecule is CCc1nnc(N2CC(C(=O)NCCN(C)c3ccccc3)CC2=O)s1. The minimum atomic E-state index is -0.335. The van der Waals surface area contributed by atoms with Crippen molar-refractivity contribution in [3.05, 3.63) is 35.3 Å². The van der Waals surface area contributed by atoms with E-state index in [0.29, 0.717) is 24.8 Å². The molecule has 1 aliphatic rings. The van der Waals surface area contributed by atoms with Gasteiger partial charge in [-0.05, 0) is 18.6 Å². The minimum Gasteiger partial charge on any atom is -0.373 e. The van der Waals surface area contributed by atoms with Gasteiger partial charge in [-0.2, -0.15) is 0 Å². The number of hydrogen-bond acceptors (Lipinski definition) is 6. The van der Waals surface area contributed by atoms with Gasteiger partial charge in [-0.15, -0.1) is 10.2 Å². The van der Waals surface area contributed by atoms with Crippen LogP contribution in [0.4, 0.5) is 10.8 Å². The molecule has 0 radical (unpaired) electrons. The Morgan fingerprint density at radius 3 is 2.81 bits per heavy atom. The number of aryl methyl sites for hydroxylation is 1. The highest BCUT2D eigenvalue weighted by atomic mass is 32.1. The molecule has 0 aliphatic carbocycles. The number of likely N-dealkylation sites (N-methyl/N-ethyl adjacent to an activating group) is 1. The third kappa shape index (κ3) is 4.19. The lowest BCUT2D eigenvalue weighted by Crippen LogP contribution is -2.37. The van der Waals surface area contributed by atoms with Crippen LogP contribution in [0.25, 0.3) is 0 Å². The van der Waals surface area contributed by atoms with Crippen LogP contribution >= 0.6 is 11.3 Å². The lowest BCUT2D eigenvalue weighted by molar-refractivity contribution is -0.126.